The number of rotatable bonds is 13. The van der Waals surface area contributed by atoms with Crippen molar-refractivity contribution in [3.8, 4) is 17.2 Å². The van der Waals surface area contributed by atoms with Crippen LogP contribution in [0.4, 0.5) is 0 Å². The molecule has 0 radical (unpaired) electrons. The Labute approximate surface area is 216 Å². The number of aromatic hydroxyl groups is 1. The van der Waals surface area contributed by atoms with Gasteiger partial charge in [-0.25, -0.2) is 0 Å². The molecule has 0 aliphatic carbocycles. The molecule has 0 aliphatic rings. The Bertz CT molecular complexity index is 1220. The molecule has 36 heavy (non-hydrogen) atoms. The van der Waals surface area contributed by atoms with Crippen LogP contribution in [0.5, 0.6) is 17.2 Å². The summed E-state index contributed by atoms with van der Waals surface area (Å²) in [5, 5.41) is 9.11. The SMILES string of the molecule is COC(=O)C(Cc1cccc(CCOc2ccc(OS(C)(=O)=O)cc2)c1)SCCc1ccc(O)cc1. The van der Waals surface area contributed by atoms with Crippen molar-refractivity contribution in [2.45, 2.75) is 24.5 Å². The predicted octanol–water partition coefficient (Wildman–Crippen LogP) is 4.41. The normalized spacial score (nSPS) is 12.1. The Kier molecular flexibility index (Phi) is 10.1. The highest BCUT2D eigenvalue weighted by molar-refractivity contribution is 8.00. The number of aryl methyl sites for hydroxylation is 1. The van der Waals surface area contributed by atoms with Crippen LogP contribution >= 0.6 is 11.8 Å². The first kappa shape index (κ1) is 27.4. The quantitative estimate of drug-likeness (QED) is 0.256. The topological polar surface area (TPSA) is 99.1 Å². The fraction of sp³-hybridized carbons (Fsp3) is 0.296. The smallest absolute Gasteiger partial charge is 0.319 e. The van der Waals surface area contributed by atoms with Crippen molar-refractivity contribution >= 4 is 27.8 Å². The van der Waals surface area contributed by atoms with Gasteiger partial charge in [0, 0.05) is 6.42 Å². The maximum Gasteiger partial charge on any atom is 0.319 e. The van der Waals surface area contributed by atoms with Crippen molar-refractivity contribution in [1.29, 1.82) is 0 Å². The third-order valence-electron chi connectivity index (χ3n) is 5.25. The molecule has 1 unspecified atom stereocenters. The highest BCUT2D eigenvalue weighted by Crippen LogP contribution is 2.22. The van der Waals surface area contributed by atoms with E-state index in [1.54, 1.807) is 48.2 Å². The third kappa shape index (κ3) is 9.47. The van der Waals surface area contributed by atoms with Crippen LogP contribution in [0.1, 0.15) is 16.7 Å². The summed E-state index contributed by atoms with van der Waals surface area (Å²) >= 11 is 1.56. The maximum atomic E-state index is 12.4. The molecular weight excluding hydrogens is 500 g/mol. The molecule has 9 heteroatoms. The number of thioether (sulfide) groups is 1. The van der Waals surface area contributed by atoms with Crippen LogP contribution in [0, 0.1) is 0 Å². The molecule has 3 rings (SSSR count). The average molecular weight is 531 g/mol. The van der Waals surface area contributed by atoms with Crippen LogP contribution < -0.4 is 8.92 Å². The minimum Gasteiger partial charge on any atom is -0.508 e. The lowest BCUT2D eigenvalue weighted by Gasteiger charge is -2.15. The van der Waals surface area contributed by atoms with Crippen molar-refractivity contribution in [2.75, 3.05) is 25.7 Å². The Morgan fingerprint density at radius 3 is 2.25 bits per heavy atom. The van der Waals surface area contributed by atoms with Crippen molar-refractivity contribution < 1.29 is 32.0 Å². The number of methoxy groups -OCH3 is 1. The number of hydrogen-bond acceptors (Lipinski definition) is 8. The highest BCUT2D eigenvalue weighted by atomic mass is 32.2. The van der Waals surface area contributed by atoms with Crippen LogP contribution in [0.25, 0.3) is 0 Å². The summed E-state index contributed by atoms with van der Waals surface area (Å²) in [7, 11) is -2.16. The van der Waals surface area contributed by atoms with Crippen LogP contribution in [0.2, 0.25) is 0 Å². The largest absolute Gasteiger partial charge is 0.508 e. The summed E-state index contributed by atoms with van der Waals surface area (Å²) < 4.78 is 38.0. The molecule has 7 nitrogen and oxygen atoms in total. The zero-order valence-corrected chi connectivity index (χ0v) is 21.9. The molecule has 0 bridgehead atoms. The van der Waals surface area contributed by atoms with Crippen molar-refractivity contribution in [2.24, 2.45) is 0 Å². The first-order chi connectivity index (χ1) is 17.2. The molecular formula is C27H30O7S2. The summed E-state index contributed by atoms with van der Waals surface area (Å²) in [6.07, 6.45) is 3.02. The molecule has 0 heterocycles. The number of hydrogen-bond donors (Lipinski definition) is 1. The summed E-state index contributed by atoms with van der Waals surface area (Å²) in [6.45, 7) is 0.442. The van der Waals surface area contributed by atoms with Gasteiger partial charge in [-0.3, -0.25) is 4.79 Å². The number of phenols is 1. The molecule has 3 aromatic rings. The first-order valence-electron chi connectivity index (χ1n) is 11.4. The Morgan fingerprint density at radius 2 is 1.58 bits per heavy atom. The summed E-state index contributed by atoms with van der Waals surface area (Å²) in [5.41, 5.74) is 3.23. The van der Waals surface area contributed by atoms with E-state index >= 15 is 0 Å². The fourth-order valence-electron chi connectivity index (χ4n) is 3.50. The molecule has 0 fully saturated rings. The number of carbonyl (C=O) groups is 1. The molecule has 0 aromatic heterocycles. The number of esters is 1. The molecule has 1 N–H and O–H groups in total. The molecule has 0 saturated carbocycles. The minimum absolute atomic E-state index is 0.235. The molecule has 0 aliphatic heterocycles. The van der Waals surface area contributed by atoms with E-state index in [1.807, 2.05) is 30.3 Å². The second-order valence-corrected chi connectivity index (χ2v) is 11.1. The number of carbonyl (C=O) groups excluding carboxylic acids is 1. The summed E-state index contributed by atoms with van der Waals surface area (Å²) in [4.78, 5) is 12.4. The van der Waals surface area contributed by atoms with Crippen LogP contribution in [0.15, 0.2) is 72.8 Å². The molecule has 1 atom stereocenters. The first-order valence-corrected chi connectivity index (χ1v) is 14.3. The lowest BCUT2D eigenvalue weighted by molar-refractivity contribution is -0.139. The Hall–Kier alpha value is -3.17. The van der Waals surface area contributed by atoms with Crippen molar-refractivity contribution in [1.82, 2.24) is 0 Å². The van der Waals surface area contributed by atoms with Gasteiger partial charge < -0.3 is 18.8 Å². The van der Waals surface area contributed by atoms with Crippen molar-refractivity contribution in [3.63, 3.8) is 0 Å². The second kappa shape index (κ2) is 13.2. The van der Waals surface area contributed by atoms with Crippen LogP contribution in [-0.2, 0) is 38.9 Å². The average Bonchev–Trinajstić information content (AvgIpc) is 2.84. The van der Waals surface area contributed by atoms with Gasteiger partial charge in [0.05, 0.1) is 20.0 Å². The van der Waals surface area contributed by atoms with E-state index in [2.05, 4.69) is 6.07 Å². The molecule has 192 valence electrons. The van der Waals surface area contributed by atoms with Gasteiger partial charge in [0.1, 0.15) is 22.5 Å². The van der Waals surface area contributed by atoms with Gasteiger partial charge >= 0.3 is 16.1 Å². The maximum absolute atomic E-state index is 12.4. The Morgan fingerprint density at radius 1 is 0.917 bits per heavy atom. The van der Waals surface area contributed by atoms with Gasteiger partial charge in [0.15, 0.2) is 0 Å². The molecule has 0 saturated heterocycles. The lowest BCUT2D eigenvalue weighted by atomic mass is 10.0. The number of ether oxygens (including phenoxy) is 2. The van der Waals surface area contributed by atoms with Crippen LogP contribution in [0.3, 0.4) is 0 Å². The van der Waals surface area contributed by atoms with Gasteiger partial charge in [0.2, 0.25) is 0 Å². The highest BCUT2D eigenvalue weighted by Gasteiger charge is 2.20. The van der Waals surface area contributed by atoms with E-state index in [1.165, 1.54) is 7.11 Å². The van der Waals surface area contributed by atoms with Crippen molar-refractivity contribution in [3.05, 3.63) is 89.5 Å². The number of benzene rings is 3. The lowest BCUT2D eigenvalue weighted by Crippen LogP contribution is -2.22. The zero-order valence-electron chi connectivity index (χ0n) is 20.3. The zero-order chi connectivity index (χ0) is 26.0. The van der Waals surface area contributed by atoms with Crippen LogP contribution in [-0.4, -0.2) is 50.5 Å². The van der Waals surface area contributed by atoms with Gasteiger partial charge in [0.25, 0.3) is 0 Å². The number of phenolic OH excluding ortho intramolecular Hbond substituents is 1. The van der Waals surface area contributed by atoms with Gasteiger partial charge in [-0.2, -0.15) is 8.42 Å². The minimum atomic E-state index is -3.56. The monoisotopic (exact) mass is 530 g/mol. The van der Waals surface area contributed by atoms with E-state index < -0.39 is 10.1 Å². The van der Waals surface area contributed by atoms with E-state index in [0.717, 1.165) is 35.1 Å². The standard InChI is InChI=1S/C27H30O7S2/c1-32-27(29)26(35-17-15-20-6-8-23(28)9-7-20)19-22-5-3-4-21(18-22)14-16-33-24-10-12-25(13-11-24)34-36(2,30)31/h3-13,18,26,28H,14-17,19H2,1-2H3. The van der Waals surface area contributed by atoms with E-state index in [4.69, 9.17) is 13.7 Å². The Balaban J connectivity index is 1.51. The summed E-state index contributed by atoms with van der Waals surface area (Å²) in [6, 6.07) is 21.6. The van der Waals surface area contributed by atoms with E-state index in [-0.39, 0.29) is 22.7 Å². The predicted molar refractivity (Wildman–Crippen MR) is 141 cm³/mol. The fourth-order valence-corrected chi connectivity index (χ4v) is 5.14. The van der Waals surface area contributed by atoms with E-state index in [9.17, 15) is 18.3 Å². The summed E-state index contributed by atoms with van der Waals surface area (Å²) in [5.74, 6) is 1.59. The van der Waals surface area contributed by atoms with Gasteiger partial charge in [-0.1, -0.05) is 36.4 Å². The molecule has 0 spiro atoms. The van der Waals surface area contributed by atoms with E-state index in [0.29, 0.717) is 25.2 Å². The third-order valence-corrected chi connectivity index (χ3v) is 6.95. The molecule has 0 amide bonds. The van der Waals surface area contributed by atoms with Gasteiger partial charge in [-0.15, -0.1) is 11.8 Å². The second-order valence-electron chi connectivity index (χ2n) is 8.18. The van der Waals surface area contributed by atoms with Gasteiger partial charge in [-0.05, 0) is 71.7 Å². The molecule has 3 aromatic carbocycles.